The highest BCUT2D eigenvalue weighted by molar-refractivity contribution is 7.91. The maximum atomic E-state index is 12.4. The van der Waals surface area contributed by atoms with Crippen molar-refractivity contribution in [1.29, 1.82) is 0 Å². The van der Waals surface area contributed by atoms with Crippen molar-refractivity contribution in [2.45, 2.75) is 44.8 Å². The highest BCUT2D eigenvalue weighted by Crippen LogP contribution is 2.29. The summed E-state index contributed by atoms with van der Waals surface area (Å²) in [5.41, 5.74) is 3.46. The number of carbonyl (C=O) groups excluding carboxylic acids is 1. The number of pyridine rings is 1. The molecule has 0 saturated heterocycles. The van der Waals surface area contributed by atoms with Crippen molar-refractivity contribution in [2.24, 2.45) is 5.92 Å². The molecule has 0 fully saturated rings. The molecular weight excluding hydrogens is 362 g/mol. The first-order valence-electron chi connectivity index (χ1n) is 9.14. The van der Waals surface area contributed by atoms with E-state index < -0.39 is 9.84 Å². The number of hydrogen-bond donors (Lipinski definition) is 2. The Morgan fingerprint density at radius 3 is 2.63 bits per heavy atom. The Morgan fingerprint density at radius 2 is 2.00 bits per heavy atom. The second-order valence-electron chi connectivity index (χ2n) is 7.10. The zero-order chi connectivity index (χ0) is 19.6. The molecule has 0 radical (unpaired) electrons. The molecule has 1 aromatic carbocycles. The fraction of sp³-hybridized carbons (Fsp3) is 0.400. The van der Waals surface area contributed by atoms with E-state index in [-0.39, 0.29) is 17.7 Å². The van der Waals surface area contributed by atoms with Gasteiger partial charge in [-0.3, -0.25) is 9.78 Å². The number of benzene rings is 1. The number of rotatable bonds is 6. The summed E-state index contributed by atoms with van der Waals surface area (Å²) in [4.78, 5) is 17.2. The zero-order valence-corrected chi connectivity index (χ0v) is 16.6. The van der Waals surface area contributed by atoms with Crippen molar-refractivity contribution in [3.63, 3.8) is 0 Å². The minimum atomic E-state index is -3.21. The van der Waals surface area contributed by atoms with Crippen LogP contribution in [0, 0.1) is 5.92 Å². The molecule has 2 N–H and O–H groups in total. The van der Waals surface area contributed by atoms with Crippen LogP contribution in [0.25, 0.3) is 0 Å². The quantitative estimate of drug-likeness (QED) is 0.795. The molecule has 0 bridgehead atoms. The Kier molecular flexibility index (Phi) is 5.62. The fourth-order valence-corrected chi connectivity index (χ4v) is 4.08. The molecule has 1 aliphatic rings. The first kappa shape index (κ1) is 19.5. The lowest BCUT2D eigenvalue weighted by Gasteiger charge is -2.15. The number of amides is 1. The largest absolute Gasteiger partial charge is 0.348 e. The van der Waals surface area contributed by atoms with Crippen molar-refractivity contribution < 1.29 is 13.2 Å². The van der Waals surface area contributed by atoms with Gasteiger partial charge in [0.2, 0.25) is 0 Å². The van der Waals surface area contributed by atoms with Gasteiger partial charge in [0.1, 0.15) is 0 Å². The van der Waals surface area contributed by atoms with Gasteiger partial charge >= 0.3 is 0 Å². The maximum Gasteiger partial charge on any atom is 0.253 e. The Labute approximate surface area is 160 Å². The number of carbonyl (C=O) groups is 1. The molecule has 1 atom stereocenters. The van der Waals surface area contributed by atoms with E-state index in [2.05, 4.69) is 29.5 Å². The second kappa shape index (κ2) is 7.78. The van der Waals surface area contributed by atoms with Crippen LogP contribution in [0.3, 0.4) is 0 Å². The highest BCUT2D eigenvalue weighted by atomic mass is 32.2. The van der Waals surface area contributed by atoms with Gasteiger partial charge in [-0.25, -0.2) is 8.42 Å². The summed E-state index contributed by atoms with van der Waals surface area (Å²) in [7, 11) is -3.21. The molecule has 0 aliphatic carbocycles. The first-order valence-corrected chi connectivity index (χ1v) is 10.8. The molecule has 144 valence electrons. The van der Waals surface area contributed by atoms with Crippen molar-refractivity contribution in [3.8, 4) is 0 Å². The number of nitrogens with one attached hydrogen (secondary N) is 2. The summed E-state index contributed by atoms with van der Waals surface area (Å²) in [5.74, 6) is 0.322. The van der Waals surface area contributed by atoms with Crippen LogP contribution in [0.4, 0.5) is 0 Å². The second-order valence-corrected chi connectivity index (χ2v) is 9.38. The summed E-state index contributed by atoms with van der Waals surface area (Å²) in [6, 6.07) is 8.73. The van der Waals surface area contributed by atoms with Crippen LogP contribution < -0.4 is 10.6 Å². The van der Waals surface area contributed by atoms with Crippen LogP contribution in [0.1, 0.15) is 54.0 Å². The predicted octanol–water partition coefficient (Wildman–Crippen LogP) is 2.61. The molecule has 27 heavy (non-hydrogen) atoms. The van der Waals surface area contributed by atoms with Gasteiger partial charge in [-0.1, -0.05) is 32.9 Å². The summed E-state index contributed by atoms with van der Waals surface area (Å²) in [6.45, 7) is 6.96. The minimum absolute atomic E-state index is 0.0704. The van der Waals surface area contributed by atoms with E-state index in [9.17, 15) is 13.2 Å². The number of sulfone groups is 1. The topological polar surface area (TPSA) is 88.2 Å². The smallest absolute Gasteiger partial charge is 0.253 e. The Morgan fingerprint density at radius 1 is 1.30 bits per heavy atom. The van der Waals surface area contributed by atoms with Crippen molar-refractivity contribution in [1.82, 2.24) is 15.6 Å². The lowest BCUT2D eigenvalue weighted by atomic mass is 10.0. The third kappa shape index (κ3) is 4.20. The van der Waals surface area contributed by atoms with Crippen molar-refractivity contribution >= 4 is 15.7 Å². The van der Waals surface area contributed by atoms with E-state index in [4.69, 9.17) is 0 Å². The van der Waals surface area contributed by atoms with Gasteiger partial charge in [-0.15, -0.1) is 0 Å². The fourth-order valence-electron chi connectivity index (χ4n) is 3.20. The first-order chi connectivity index (χ1) is 12.8. The van der Waals surface area contributed by atoms with Crippen LogP contribution >= 0.6 is 0 Å². The Bertz CT molecular complexity index is 937. The van der Waals surface area contributed by atoms with Crippen LogP contribution in [-0.2, 0) is 22.9 Å². The summed E-state index contributed by atoms with van der Waals surface area (Å²) >= 11 is 0. The van der Waals surface area contributed by atoms with Gasteiger partial charge < -0.3 is 10.6 Å². The molecule has 0 spiro atoms. The molecule has 0 saturated carbocycles. The number of hydrogen-bond acceptors (Lipinski definition) is 5. The molecule has 2 aromatic rings. The third-order valence-corrected chi connectivity index (χ3v) is 6.60. The van der Waals surface area contributed by atoms with E-state index in [0.717, 1.165) is 23.4 Å². The molecule has 1 aliphatic heterocycles. The Balaban J connectivity index is 1.65. The SMILES string of the molecule is CCS(=O)(=O)c1ccc(CNC(=O)c2cnc3c(c2)CNC3C(C)C)cc1. The lowest BCUT2D eigenvalue weighted by molar-refractivity contribution is 0.0950. The van der Waals surface area contributed by atoms with Gasteiger partial charge in [0.15, 0.2) is 9.84 Å². The molecule has 2 heterocycles. The van der Waals surface area contributed by atoms with Gasteiger partial charge in [0.05, 0.1) is 27.9 Å². The van der Waals surface area contributed by atoms with Gasteiger partial charge in [-0.2, -0.15) is 0 Å². The van der Waals surface area contributed by atoms with E-state index in [0.29, 0.717) is 22.9 Å². The van der Waals surface area contributed by atoms with E-state index in [1.807, 2.05) is 6.07 Å². The summed E-state index contributed by atoms with van der Waals surface area (Å²) in [5, 5.41) is 6.29. The number of nitrogens with zero attached hydrogens (tertiary/aromatic N) is 1. The average molecular weight is 388 g/mol. The average Bonchev–Trinajstić information content (AvgIpc) is 3.10. The summed E-state index contributed by atoms with van der Waals surface area (Å²) in [6.07, 6.45) is 1.62. The van der Waals surface area contributed by atoms with E-state index >= 15 is 0 Å². The standard InChI is InChI=1S/C20H25N3O3S/c1-4-27(25,26)17-7-5-14(6-8-17)10-23-20(24)16-9-15-11-21-18(13(2)3)19(15)22-12-16/h5-9,12-13,18,21H,4,10-11H2,1-3H3,(H,23,24). The zero-order valence-electron chi connectivity index (χ0n) is 15.8. The van der Waals surface area contributed by atoms with Crippen LogP contribution in [-0.4, -0.2) is 25.1 Å². The van der Waals surface area contributed by atoms with E-state index in [1.165, 1.54) is 0 Å². The van der Waals surface area contributed by atoms with Crippen LogP contribution in [0.15, 0.2) is 41.4 Å². The molecule has 1 aromatic heterocycles. The third-order valence-electron chi connectivity index (χ3n) is 4.85. The lowest BCUT2D eigenvalue weighted by Crippen LogP contribution is -2.23. The minimum Gasteiger partial charge on any atom is -0.348 e. The highest BCUT2D eigenvalue weighted by Gasteiger charge is 2.26. The van der Waals surface area contributed by atoms with Gasteiger partial charge in [-0.05, 0) is 35.2 Å². The molecule has 3 rings (SSSR count). The Hall–Kier alpha value is -2.25. The molecule has 6 nitrogen and oxygen atoms in total. The molecule has 1 unspecified atom stereocenters. The molecule has 7 heteroatoms. The number of fused-ring (bicyclic) bond motifs is 1. The van der Waals surface area contributed by atoms with Crippen LogP contribution in [0.5, 0.6) is 0 Å². The normalized spacial score (nSPS) is 16.4. The summed E-state index contributed by atoms with van der Waals surface area (Å²) < 4.78 is 23.7. The van der Waals surface area contributed by atoms with Crippen LogP contribution in [0.2, 0.25) is 0 Å². The maximum absolute atomic E-state index is 12.4. The molecule has 1 amide bonds. The van der Waals surface area contributed by atoms with Gasteiger partial charge in [0, 0.05) is 19.3 Å². The monoisotopic (exact) mass is 387 g/mol. The number of aromatic nitrogens is 1. The predicted molar refractivity (Wildman–Crippen MR) is 104 cm³/mol. The van der Waals surface area contributed by atoms with Crippen molar-refractivity contribution in [2.75, 3.05) is 5.75 Å². The van der Waals surface area contributed by atoms with E-state index in [1.54, 1.807) is 37.4 Å². The van der Waals surface area contributed by atoms with Crippen molar-refractivity contribution in [3.05, 3.63) is 58.9 Å². The van der Waals surface area contributed by atoms with Gasteiger partial charge in [0.25, 0.3) is 5.91 Å². The molecular formula is C20H25N3O3S.